The van der Waals surface area contributed by atoms with Gasteiger partial charge < -0.3 is 10.1 Å². The molecule has 0 aliphatic carbocycles. The maximum atomic E-state index is 12.9. The number of ether oxygens (including phenoxy) is 1. The molecule has 4 rings (SSSR count). The van der Waals surface area contributed by atoms with E-state index in [1.807, 2.05) is 0 Å². The van der Waals surface area contributed by atoms with Crippen LogP contribution >= 0.6 is 46.9 Å². The van der Waals surface area contributed by atoms with Gasteiger partial charge in [-0.2, -0.15) is 13.2 Å². The number of benzene rings is 2. The van der Waals surface area contributed by atoms with Gasteiger partial charge >= 0.3 is 6.18 Å². The normalized spacial score (nSPS) is 14.7. The second-order valence-electron chi connectivity index (χ2n) is 7.38. The number of nitrogens with zero attached hydrogens (tertiary/aromatic N) is 1. The zero-order valence-corrected chi connectivity index (χ0v) is 21.2. The average Bonchev–Trinajstić information content (AvgIpc) is 3.37. The van der Waals surface area contributed by atoms with E-state index in [2.05, 4.69) is 15.6 Å². The van der Waals surface area contributed by atoms with Crippen LogP contribution < -0.4 is 15.4 Å². The largest absolute Gasteiger partial charge is 0.483 e. The molecule has 0 radical (unpaired) electrons. The van der Waals surface area contributed by atoms with E-state index in [4.69, 9.17) is 28.6 Å². The van der Waals surface area contributed by atoms with Crippen LogP contribution in [-0.2, 0) is 22.2 Å². The van der Waals surface area contributed by atoms with Crippen LogP contribution in [0.3, 0.4) is 0 Å². The van der Waals surface area contributed by atoms with Gasteiger partial charge in [0.2, 0.25) is 0 Å². The van der Waals surface area contributed by atoms with Crippen LogP contribution in [0.15, 0.2) is 53.6 Å². The number of aromatic nitrogens is 1. The average molecular weight is 570 g/mol. The van der Waals surface area contributed by atoms with Gasteiger partial charge in [0.1, 0.15) is 10.1 Å². The first-order valence-corrected chi connectivity index (χ1v) is 12.6. The molecule has 2 heterocycles. The Balaban J connectivity index is 1.37. The fourth-order valence-corrected chi connectivity index (χ4v) is 5.21. The molecule has 2 aromatic carbocycles. The molecular weight excluding hydrogens is 555 g/mol. The van der Waals surface area contributed by atoms with E-state index in [1.54, 1.807) is 30.3 Å². The van der Waals surface area contributed by atoms with Crippen molar-refractivity contribution in [3.05, 3.63) is 80.2 Å². The van der Waals surface area contributed by atoms with Gasteiger partial charge in [0.15, 0.2) is 11.7 Å². The highest BCUT2D eigenvalue weighted by Crippen LogP contribution is 2.32. The van der Waals surface area contributed by atoms with E-state index in [-0.39, 0.29) is 24.1 Å². The fraction of sp³-hybridized carbons (Fsp3) is 0.130. The highest BCUT2D eigenvalue weighted by atomic mass is 35.5. The summed E-state index contributed by atoms with van der Waals surface area (Å²) in [5.74, 6) is -0.492. The first kappa shape index (κ1) is 26.1. The van der Waals surface area contributed by atoms with E-state index in [0.29, 0.717) is 36.0 Å². The van der Waals surface area contributed by atoms with Crippen LogP contribution in [0.25, 0.3) is 6.08 Å². The number of carbonyl (C=O) groups is 2. The number of thioether (sulfide) groups is 1. The lowest BCUT2D eigenvalue weighted by Gasteiger charge is -2.10. The third kappa shape index (κ3) is 6.84. The second kappa shape index (κ2) is 11.0. The van der Waals surface area contributed by atoms with Crippen LogP contribution in [0.2, 0.25) is 5.02 Å². The minimum atomic E-state index is -4.42. The number of anilines is 1. The number of amides is 2. The number of hydrogen-bond donors (Lipinski definition) is 2. The van der Waals surface area contributed by atoms with E-state index in [0.717, 1.165) is 35.2 Å². The first-order valence-electron chi connectivity index (χ1n) is 10.1. The summed E-state index contributed by atoms with van der Waals surface area (Å²) in [5.41, 5.74) is 0.256. The van der Waals surface area contributed by atoms with E-state index in [1.165, 1.54) is 12.3 Å². The predicted octanol–water partition coefficient (Wildman–Crippen LogP) is 5.91. The van der Waals surface area contributed by atoms with E-state index < -0.39 is 17.6 Å². The number of hydrogen-bond acceptors (Lipinski definition) is 7. The molecule has 1 aliphatic rings. The molecule has 0 atom stereocenters. The number of nitrogens with one attached hydrogen (secondary N) is 2. The molecule has 1 saturated heterocycles. The van der Waals surface area contributed by atoms with Gasteiger partial charge in [0.25, 0.3) is 11.8 Å². The minimum Gasteiger partial charge on any atom is -0.483 e. The number of alkyl halides is 3. The van der Waals surface area contributed by atoms with Crippen LogP contribution in [0, 0.1) is 0 Å². The van der Waals surface area contributed by atoms with Gasteiger partial charge in [-0.25, -0.2) is 4.98 Å². The molecule has 2 N–H and O–H groups in total. The van der Waals surface area contributed by atoms with Crippen molar-refractivity contribution in [2.24, 2.45) is 0 Å². The van der Waals surface area contributed by atoms with Crippen molar-refractivity contribution in [3.8, 4) is 5.75 Å². The Labute approximate surface area is 221 Å². The van der Waals surface area contributed by atoms with Crippen LogP contribution in [0.5, 0.6) is 5.75 Å². The van der Waals surface area contributed by atoms with Crippen LogP contribution in [0.4, 0.5) is 18.3 Å². The van der Waals surface area contributed by atoms with Gasteiger partial charge in [-0.15, -0.1) is 11.3 Å². The van der Waals surface area contributed by atoms with Crippen molar-refractivity contribution in [1.29, 1.82) is 0 Å². The number of rotatable bonds is 7. The van der Waals surface area contributed by atoms with Gasteiger partial charge in [-0.1, -0.05) is 53.8 Å². The van der Waals surface area contributed by atoms with Gasteiger partial charge in [-0.05, 0) is 35.9 Å². The zero-order chi connectivity index (χ0) is 25.9. The van der Waals surface area contributed by atoms with Crippen molar-refractivity contribution in [2.45, 2.75) is 12.6 Å². The molecule has 0 saturated carbocycles. The molecule has 36 heavy (non-hydrogen) atoms. The zero-order valence-electron chi connectivity index (χ0n) is 18.0. The highest BCUT2D eigenvalue weighted by molar-refractivity contribution is 8.26. The summed E-state index contributed by atoms with van der Waals surface area (Å²) in [5, 5.41) is 5.83. The van der Waals surface area contributed by atoms with Gasteiger partial charge in [0.05, 0.1) is 10.5 Å². The molecule has 13 heteroatoms. The Bertz CT molecular complexity index is 1380. The smallest absolute Gasteiger partial charge is 0.416 e. The molecule has 1 fully saturated rings. The second-order valence-corrected chi connectivity index (χ2v) is 10.6. The molecule has 2 amide bonds. The van der Waals surface area contributed by atoms with Gasteiger partial charge in [0, 0.05) is 28.1 Å². The lowest BCUT2D eigenvalue weighted by Crippen LogP contribution is -2.20. The standard InChI is InChI=1S/C23H15ClF3N3O3S3/c24-15-4-5-17(13(8-15)9-18-20(32)30-22(34)36-18)33-11-19(31)29-21-28-10-16(35-21)7-12-2-1-3-14(6-12)23(25,26)27/h1-6,8-10H,7,11H2,(H,28,29,31)(H,30,32,34)/b18-9-. The Morgan fingerprint density at radius 2 is 2.06 bits per heavy atom. The summed E-state index contributed by atoms with van der Waals surface area (Å²) in [6.45, 7) is -0.349. The summed E-state index contributed by atoms with van der Waals surface area (Å²) in [6.07, 6.45) is -1.11. The molecular formula is C23H15ClF3N3O3S3. The monoisotopic (exact) mass is 569 g/mol. The summed E-state index contributed by atoms with van der Waals surface area (Å²) in [6, 6.07) is 9.82. The molecule has 0 bridgehead atoms. The maximum absolute atomic E-state index is 12.9. The summed E-state index contributed by atoms with van der Waals surface area (Å²) < 4.78 is 44.7. The van der Waals surface area contributed by atoms with E-state index >= 15 is 0 Å². The summed E-state index contributed by atoms with van der Waals surface area (Å²) in [4.78, 5) is 29.5. The quantitative estimate of drug-likeness (QED) is 0.272. The SMILES string of the molecule is O=C(COc1ccc(Cl)cc1/C=C1\SC(=S)NC1=O)Nc1ncc(Cc2cccc(C(F)(F)F)c2)s1. The number of thiazole rings is 1. The molecule has 1 aromatic heterocycles. The van der Waals surface area contributed by atoms with Crippen molar-refractivity contribution >= 4 is 74.3 Å². The van der Waals surface area contributed by atoms with Crippen molar-refractivity contribution in [3.63, 3.8) is 0 Å². The topological polar surface area (TPSA) is 80.3 Å². The molecule has 3 aromatic rings. The van der Waals surface area contributed by atoms with Crippen molar-refractivity contribution < 1.29 is 27.5 Å². The number of carbonyl (C=O) groups excluding carboxylic acids is 2. The fourth-order valence-electron chi connectivity index (χ4n) is 3.13. The lowest BCUT2D eigenvalue weighted by atomic mass is 10.1. The van der Waals surface area contributed by atoms with Crippen LogP contribution in [-0.4, -0.2) is 27.7 Å². The van der Waals surface area contributed by atoms with Gasteiger partial charge in [-0.3, -0.25) is 14.9 Å². The van der Waals surface area contributed by atoms with E-state index in [9.17, 15) is 22.8 Å². The Morgan fingerprint density at radius 3 is 2.78 bits per heavy atom. The maximum Gasteiger partial charge on any atom is 0.416 e. The minimum absolute atomic E-state index is 0.242. The molecule has 6 nitrogen and oxygen atoms in total. The summed E-state index contributed by atoms with van der Waals surface area (Å²) >= 11 is 13.3. The summed E-state index contributed by atoms with van der Waals surface area (Å²) in [7, 11) is 0. The Kier molecular flexibility index (Phi) is 7.98. The van der Waals surface area contributed by atoms with Crippen molar-refractivity contribution in [1.82, 2.24) is 10.3 Å². The third-order valence-electron chi connectivity index (χ3n) is 4.69. The highest BCUT2D eigenvalue weighted by Gasteiger charge is 2.30. The van der Waals surface area contributed by atoms with Crippen LogP contribution in [0.1, 0.15) is 21.6 Å². The Hall–Kier alpha value is -2.93. The van der Waals surface area contributed by atoms with Crippen molar-refractivity contribution in [2.75, 3.05) is 11.9 Å². The molecule has 0 spiro atoms. The number of thiocarbonyl (C=S) groups is 1. The lowest BCUT2D eigenvalue weighted by molar-refractivity contribution is -0.137. The molecule has 186 valence electrons. The first-order chi connectivity index (χ1) is 17.1. The Morgan fingerprint density at radius 1 is 1.25 bits per heavy atom. The third-order valence-corrected chi connectivity index (χ3v) is 7.00. The number of halogens is 4. The molecule has 1 aliphatic heterocycles. The molecule has 0 unspecified atom stereocenters. The predicted molar refractivity (Wildman–Crippen MR) is 138 cm³/mol.